The van der Waals surface area contributed by atoms with Crippen molar-refractivity contribution >= 4 is 21.7 Å². The van der Waals surface area contributed by atoms with Crippen LogP contribution in [0.4, 0.5) is 0 Å². The molecule has 0 aliphatic heterocycles. The van der Waals surface area contributed by atoms with Crippen LogP contribution in [0, 0.1) is 34.6 Å². The summed E-state index contributed by atoms with van der Waals surface area (Å²) in [6, 6.07) is 3.92. The van der Waals surface area contributed by atoms with Crippen molar-refractivity contribution in [1.29, 1.82) is 0 Å². The lowest BCUT2D eigenvalue weighted by molar-refractivity contribution is 0.103. The van der Waals surface area contributed by atoms with Crippen LogP contribution in [0.25, 0.3) is 0 Å². The number of ketones is 1. The van der Waals surface area contributed by atoms with Gasteiger partial charge < -0.3 is 4.42 Å². The summed E-state index contributed by atoms with van der Waals surface area (Å²) in [4.78, 5) is 12.7. The molecule has 0 bridgehead atoms. The number of hydrogen-bond acceptors (Lipinski definition) is 2. The van der Waals surface area contributed by atoms with Gasteiger partial charge in [-0.15, -0.1) is 0 Å². The van der Waals surface area contributed by atoms with Crippen LogP contribution in [0.1, 0.15) is 44.1 Å². The molecule has 0 saturated carbocycles. The Bertz CT molecular complexity index is 666. The predicted molar refractivity (Wildman–Crippen MR) is 80.0 cm³/mol. The molecule has 19 heavy (non-hydrogen) atoms. The number of carbonyl (C=O) groups excluding carboxylic acids is 1. The topological polar surface area (TPSA) is 30.2 Å². The molecule has 100 valence electrons. The first-order chi connectivity index (χ1) is 8.82. The van der Waals surface area contributed by atoms with Crippen LogP contribution in [0.3, 0.4) is 0 Å². The van der Waals surface area contributed by atoms with Crippen LogP contribution in [0.2, 0.25) is 0 Å². The quantitative estimate of drug-likeness (QED) is 0.743. The van der Waals surface area contributed by atoms with E-state index in [1.807, 2.05) is 46.8 Å². The van der Waals surface area contributed by atoms with Crippen molar-refractivity contribution in [2.75, 3.05) is 0 Å². The molecular weight excluding hydrogens is 304 g/mol. The fraction of sp³-hybridized carbons (Fsp3) is 0.312. The second-order valence-corrected chi connectivity index (χ2v) is 5.81. The smallest absolute Gasteiger partial charge is 0.197 e. The van der Waals surface area contributed by atoms with E-state index in [1.165, 1.54) is 0 Å². The maximum Gasteiger partial charge on any atom is 0.197 e. The Kier molecular flexibility index (Phi) is 3.68. The molecule has 0 amide bonds. The summed E-state index contributed by atoms with van der Waals surface area (Å²) in [7, 11) is 0. The first-order valence-corrected chi connectivity index (χ1v) is 7.00. The number of hydrogen-bond donors (Lipinski definition) is 0. The van der Waals surface area contributed by atoms with Gasteiger partial charge in [0.15, 0.2) is 5.78 Å². The zero-order valence-corrected chi connectivity index (χ0v) is 13.4. The second kappa shape index (κ2) is 4.97. The van der Waals surface area contributed by atoms with Gasteiger partial charge in [0.05, 0.1) is 5.56 Å². The van der Waals surface area contributed by atoms with Gasteiger partial charge in [-0.25, -0.2) is 0 Å². The van der Waals surface area contributed by atoms with Gasteiger partial charge in [-0.05, 0) is 57.9 Å². The number of furan rings is 1. The zero-order valence-electron chi connectivity index (χ0n) is 11.8. The highest BCUT2D eigenvalue weighted by molar-refractivity contribution is 9.10. The van der Waals surface area contributed by atoms with Gasteiger partial charge in [0, 0.05) is 15.6 Å². The summed E-state index contributed by atoms with van der Waals surface area (Å²) < 4.78 is 6.58. The van der Waals surface area contributed by atoms with Crippen LogP contribution in [-0.2, 0) is 0 Å². The molecule has 0 radical (unpaired) electrons. The third-order valence-electron chi connectivity index (χ3n) is 3.54. The number of carbonyl (C=O) groups is 1. The molecule has 2 nitrogen and oxygen atoms in total. The molecule has 3 heteroatoms. The molecule has 1 heterocycles. The number of benzene rings is 1. The molecule has 1 aromatic carbocycles. The normalized spacial score (nSPS) is 10.8. The van der Waals surface area contributed by atoms with E-state index in [0.717, 1.165) is 32.5 Å². The van der Waals surface area contributed by atoms with Crippen LogP contribution >= 0.6 is 15.9 Å². The van der Waals surface area contributed by atoms with E-state index in [9.17, 15) is 4.79 Å². The summed E-state index contributed by atoms with van der Waals surface area (Å²) in [6.07, 6.45) is 0. The first-order valence-electron chi connectivity index (χ1n) is 6.21. The highest BCUT2D eigenvalue weighted by Crippen LogP contribution is 2.27. The molecule has 0 aliphatic rings. The summed E-state index contributed by atoms with van der Waals surface area (Å²) in [5, 5.41) is 0. The van der Waals surface area contributed by atoms with E-state index in [0.29, 0.717) is 11.3 Å². The van der Waals surface area contributed by atoms with Gasteiger partial charge >= 0.3 is 0 Å². The molecular formula is C16H17BrO2. The van der Waals surface area contributed by atoms with Crippen molar-refractivity contribution in [1.82, 2.24) is 0 Å². The van der Waals surface area contributed by atoms with Crippen molar-refractivity contribution in [2.45, 2.75) is 34.6 Å². The third-order valence-corrected chi connectivity index (χ3v) is 4.39. The van der Waals surface area contributed by atoms with Crippen molar-refractivity contribution in [3.05, 3.63) is 55.9 Å². The number of halogens is 1. The summed E-state index contributed by atoms with van der Waals surface area (Å²) in [6.45, 7) is 9.60. The second-order valence-electron chi connectivity index (χ2n) is 4.96. The Labute approximate surface area is 122 Å². The summed E-state index contributed by atoms with van der Waals surface area (Å²) in [5.74, 6) is 1.55. The van der Waals surface area contributed by atoms with Crippen LogP contribution in [0.5, 0.6) is 0 Å². The largest absolute Gasteiger partial charge is 0.466 e. The Balaban J connectivity index is 2.59. The van der Waals surface area contributed by atoms with Crippen LogP contribution < -0.4 is 0 Å². The zero-order chi connectivity index (χ0) is 14.3. The average molecular weight is 321 g/mol. The fourth-order valence-electron chi connectivity index (χ4n) is 2.29. The van der Waals surface area contributed by atoms with Crippen molar-refractivity contribution in [3.63, 3.8) is 0 Å². The van der Waals surface area contributed by atoms with Crippen molar-refractivity contribution < 1.29 is 9.21 Å². The number of rotatable bonds is 2. The van der Waals surface area contributed by atoms with E-state index >= 15 is 0 Å². The third kappa shape index (κ3) is 2.39. The molecule has 2 aromatic rings. The van der Waals surface area contributed by atoms with E-state index < -0.39 is 0 Å². The molecule has 0 N–H and O–H groups in total. The lowest BCUT2D eigenvalue weighted by Crippen LogP contribution is -2.06. The molecule has 0 spiro atoms. The molecule has 0 fully saturated rings. The fourth-order valence-corrected chi connectivity index (χ4v) is 2.75. The molecule has 0 saturated heterocycles. The maximum absolute atomic E-state index is 12.7. The van der Waals surface area contributed by atoms with Gasteiger partial charge in [-0.3, -0.25) is 4.79 Å². The van der Waals surface area contributed by atoms with Gasteiger partial charge in [0.2, 0.25) is 0 Å². The highest BCUT2D eigenvalue weighted by atomic mass is 79.9. The molecule has 1 aromatic heterocycles. The SMILES string of the molecule is Cc1cc(C(=O)c2c(C)oc(C)c2C)c(C)cc1Br. The Morgan fingerprint density at radius 1 is 1.00 bits per heavy atom. The minimum Gasteiger partial charge on any atom is -0.466 e. The van der Waals surface area contributed by atoms with Gasteiger partial charge in [0.1, 0.15) is 11.5 Å². The van der Waals surface area contributed by atoms with Gasteiger partial charge in [0.25, 0.3) is 0 Å². The van der Waals surface area contributed by atoms with E-state index in [-0.39, 0.29) is 5.78 Å². The number of aryl methyl sites for hydroxylation is 4. The minimum absolute atomic E-state index is 0.0416. The Hall–Kier alpha value is -1.35. The standard InChI is InChI=1S/C16H17BrO2/c1-8-7-14(17)9(2)6-13(8)16(18)15-10(3)11(4)19-12(15)5/h6-7H,1-5H3. The Morgan fingerprint density at radius 2 is 1.63 bits per heavy atom. The lowest BCUT2D eigenvalue weighted by atomic mass is 9.95. The van der Waals surface area contributed by atoms with Crippen molar-refractivity contribution in [3.8, 4) is 0 Å². The maximum atomic E-state index is 12.7. The lowest BCUT2D eigenvalue weighted by Gasteiger charge is -2.08. The molecule has 0 unspecified atom stereocenters. The summed E-state index contributed by atoms with van der Waals surface area (Å²) in [5.41, 5.74) is 4.40. The average Bonchev–Trinajstić information content (AvgIpc) is 2.57. The van der Waals surface area contributed by atoms with E-state index in [4.69, 9.17) is 4.42 Å². The first kappa shape index (κ1) is 14.1. The molecule has 2 rings (SSSR count). The highest BCUT2D eigenvalue weighted by Gasteiger charge is 2.21. The molecule has 0 atom stereocenters. The predicted octanol–water partition coefficient (Wildman–Crippen LogP) is 4.82. The molecule has 0 aliphatic carbocycles. The van der Waals surface area contributed by atoms with Crippen LogP contribution in [-0.4, -0.2) is 5.78 Å². The minimum atomic E-state index is 0.0416. The van der Waals surface area contributed by atoms with E-state index in [1.54, 1.807) is 0 Å². The van der Waals surface area contributed by atoms with Crippen molar-refractivity contribution in [2.24, 2.45) is 0 Å². The monoisotopic (exact) mass is 320 g/mol. The summed E-state index contributed by atoms with van der Waals surface area (Å²) >= 11 is 3.49. The Morgan fingerprint density at radius 3 is 2.16 bits per heavy atom. The van der Waals surface area contributed by atoms with Gasteiger partial charge in [-0.2, -0.15) is 0 Å². The van der Waals surface area contributed by atoms with E-state index in [2.05, 4.69) is 15.9 Å². The van der Waals surface area contributed by atoms with Gasteiger partial charge in [-0.1, -0.05) is 15.9 Å². The van der Waals surface area contributed by atoms with Crippen LogP contribution in [0.15, 0.2) is 21.0 Å².